The molecule has 0 radical (unpaired) electrons. The number of allylic oxidation sites excluding steroid dienone is 1. The van der Waals surface area contributed by atoms with Crippen molar-refractivity contribution in [3.05, 3.63) is 43.9 Å². The van der Waals surface area contributed by atoms with E-state index in [9.17, 15) is 9.59 Å². The van der Waals surface area contributed by atoms with Crippen LogP contribution in [0.5, 0.6) is 0 Å². The molecule has 17 heavy (non-hydrogen) atoms. The molecule has 0 fully saturated rings. The van der Waals surface area contributed by atoms with Crippen molar-refractivity contribution in [1.29, 1.82) is 0 Å². The van der Waals surface area contributed by atoms with Crippen LogP contribution in [0.25, 0.3) is 10.2 Å². The van der Waals surface area contributed by atoms with Gasteiger partial charge in [-0.2, -0.15) is 0 Å². The van der Waals surface area contributed by atoms with Crippen LogP contribution in [0.4, 0.5) is 0 Å². The molecule has 0 spiro atoms. The third-order valence-electron chi connectivity index (χ3n) is 2.94. The summed E-state index contributed by atoms with van der Waals surface area (Å²) in [7, 11) is 3.20. The second-order valence-corrected chi connectivity index (χ2v) is 5.22. The molecular formula is C12H14N2O2S. The molecule has 0 amide bonds. The van der Waals surface area contributed by atoms with Crippen molar-refractivity contribution < 1.29 is 0 Å². The standard InChI is InChI=1S/C12H14N2O2S/c1-5-6-8-7(2)17-11-9(8)10(15)13(3)12(16)14(11)4/h5H,1,6H2,2-4H3. The normalized spacial score (nSPS) is 11.0. The summed E-state index contributed by atoms with van der Waals surface area (Å²) in [5, 5.41) is 0.650. The van der Waals surface area contributed by atoms with Crippen LogP contribution >= 0.6 is 11.3 Å². The molecule has 2 aromatic rings. The molecule has 90 valence electrons. The first-order valence-electron chi connectivity index (χ1n) is 5.28. The number of aryl methyl sites for hydroxylation is 2. The average Bonchev–Trinajstić information content (AvgIpc) is 2.62. The quantitative estimate of drug-likeness (QED) is 0.755. The van der Waals surface area contributed by atoms with E-state index >= 15 is 0 Å². The summed E-state index contributed by atoms with van der Waals surface area (Å²) < 4.78 is 2.68. The second-order valence-electron chi connectivity index (χ2n) is 4.02. The molecule has 0 saturated carbocycles. The summed E-state index contributed by atoms with van der Waals surface area (Å²) in [6.45, 7) is 5.67. The zero-order valence-corrected chi connectivity index (χ0v) is 10.9. The summed E-state index contributed by atoms with van der Waals surface area (Å²) in [5.41, 5.74) is 0.481. The first kappa shape index (κ1) is 11.9. The number of nitrogens with zero attached hydrogens (tertiary/aromatic N) is 2. The van der Waals surface area contributed by atoms with Gasteiger partial charge in [0.1, 0.15) is 4.83 Å². The lowest BCUT2D eigenvalue weighted by molar-refractivity contribution is 0.716. The first-order chi connectivity index (χ1) is 7.99. The minimum Gasteiger partial charge on any atom is -0.287 e. The maximum Gasteiger partial charge on any atom is 0.331 e. The van der Waals surface area contributed by atoms with E-state index in [1.54, 1.807) is 13.1 Å². The number of aromatic nitrogens is 2. The molecule has 0 aliphatic carbocycles. The molecule has 2 heterocycles. The monoisotopic (exact) mass is 250 g/mol. The van der Waals surface area contributed by atoms with Gasteiger partial charge in [0.15, 0.2) is 0 Å². The Kier molecular flexibility index (Phi) is 2.79. The van der Waals surface area contributed by atoms with Crippen molar-refractivity contribution in [2.45, 2.75) is 13.3 Å². The zero-order chi connectivity index (χ0) is 12.7. The molecular weight excluding hydrogens is 236 g/mol. The van der Waals surface area contributed by atoms with Crippen molar-refractivity contribution in [3.63, 3.8) is 0 Å². The Morgan fingerprint density at radius 1 is 1.29 bits per heavy atom. The lowest BCUT2D eigenvalue weighted by Crippen LogP contribution is -2.36. The smallest absolute Gasteiger partial charge is 0.287 e. The summed E-state index contributed by atoms with van der Waals surface area (Å²) >= 11 is 1.48. The largest absolute Gasteiger partial charge is 0.331 e. The Morgan fingerprint density at radius 2 is 1.94 bits per heavy atom. The van der Waals surface area contributed by atoms with Crippen LogP contribution in [0, 0.1) is 6.92 Å². The molecule has 0 aliphatic heterocycles. The minimum absolute atomic E-state index is 0.218. The molecule has 0 N–H and O–H groups in total. The van der Waals surface area contributed by atoms with Crippen LogP contribution in [0.3, 0.4) is 0 Å². The first-order valence-corrected chi connectivity index (χ1v) is 6.09. The van der Waals surface area contributed by atoms with Gasteiger partial charge in [0.25, 0.3) is 5.56 Å². The second kappa shape index (κ2) is 4.00. The number of hydrogen-bond donors (Lipinski definition) is 0. The van der Waals surface area contributed by atoms with Gasteiger partial charge < -0.3 is 0 Å². The summed E-state index contributed by atoms with van der Waals surface area (Å²) in [6, 6.07) is 0. The fourth-order valence-corrected chi connectivity index (χ4v) is 3.10. The van der Waals surface area contributed by atoms with Gasteiger partial charge in [0.05, 0.1) is 5.39 Å². The van der Waals surface area contributed by atoms with Crippen LogP contribution in [0.15, 0.2) is 22.2 Å². The van der Waals surface area contributed by atoms with Gasteiger partial charge in [-0.3, -0.25) is 13.9 Å². The summed E-state index contributed by atoms with van der Waals surface area (Å²) in [5.74, 6) is 0. The van der Waals surface area contributed by atoms with E-state index in [0.29, 0.717) is 11.8 Å². The van der Waals surface area contributed by atoms with Crippen molar-refractivity contribution in [2.24, 2.45) is 14.1 Å². The maximum atomic E-state index is 12.1. The molecule has 0 atom stereocenters. The molecule has 0 bridgehead atoms. The molecule has 4 nitrogen and oxygen atoms in total. The highest BCUT2D eigenvalue weighted by Gasteiger charge is 2.16. The van der Waals surface area contributed by atoms with Gasteiger partial charge in [0, 0.05) is 19.0 Å². The SMILES string of the molecule is C=CCc1c(C)sc2c1c(=O)n(C)c(=O)n2C. The number of thiophene rings is 1. The highest BCUT2D eigenvalue weighted by molar-refractivity contribution is 7.18. The van der Waals surface area contributed by atoms with E-state index in [2.05, 4.69) is 6.58 Å². The fourth-order valence-electron chi connectivity index (χ4n) is 1.98. The van der Waals surface area contributed by atoms with Gasteiger partial charge >= 0.3 is 5.69 Å². The third-order valence-corrected chi connectivity index (χ3v) is 4.16. The van der Waals surface area contributed by atoms with Crippen LogP contribution in [0.1, 0.15) is 10.4 Å². The minimum atomic E-state index is -0.283. The Hall–Kier alpha value is -1.62. The molecule has 2 aromatic heterocycles. The Labute approximate surface area is 102 Å². The number of hydrogen-bond acceptors (Lipinski definition) is 3. The van der Waals surface area contributed by atoms with Crippen molar-refractivity contribution in [2.75, 3.05) is 0 Å². The molecule has 0 aromatic carbocycles. The Morgan fingerprint density at radius 3 is 2.53 bits per heavy atom. The van der Waals surface area contributed by atoms with Crippen LogP contribution < -0.4 is 11.2 Å². The van der Waals surface area contributed by atoms with E-state index in [0.717, 1.165) is 19.8 Å². The number of fused-ring (bicyclic) bond motifs is 1. The maximum absolute atomic E-state index is 12.1. The van der Waals surface area contributed by atoms with E-state index in [4.69, 9.17) is 0 Å². The zero-order valence-electron chi connectivity index (χ0n) is 10.1. The van der Waals surface area contributed by atoms with Crippen molar-refractivity contribution in [3.8, 4) is 0 Å². The van der Waals surface area contributed by atoms with Gasteiger partial charge in [-0.15, -0.1) is 17.9 Å². The Bertz CT molecular complexity index is 719. The summed E-state index contributed by atoms with van der Waals surface area (Å²) in [4.78, 5) is 25.7. The van der Waals surface area contributed by atoms with E-state index in [1.165, 1.54) is 23.0 Å². The lowest BCUT2D eigenvalue weighted by atomic mass is 10.1. The van der Waals surface area contributed by atoms with Crippen molar-refractivity contribution >= 4 is 21.6 Å². The molecule has 0 aliphatic rings. The van der Waals surface area contributed by atoms with Crippen LogP contribution in [-0.2, 0) is 20.5 Å². The molecule has 0 unspecified atom stereocenters. The lowest BCUT2D eigenvalue weighted by Gasteiger charge is -2.03. The number of rotatable bonds is 2. The van der Waals surface area contributed by atoms with Gasteiger partial charge in [0.2, 0.25) is 0 Å². The predicted octanol–water partition coefficient (Wildman–Crippen LogP) is 1.34. The van der Waals surface area contributed by atoms with Gasteiger partial charge in [-0.1, -0.05) is 6.08 Å². The van der Waals surface area contributed by atoms with Crippen LogP contribution in [-0.4, -0.2) is 9.13 Å². The highest BCUT2D eigenvalue weighted by Crippen LogP contribution is 2.27. The van der Waals surface area contributed by atoms with Gasteiger partial charge in [-0.05, 0) is 18.9 Å². The third kappa shape index (κ3) is 1.58. The van der Waals surface area contributed by atoms with E-state index in [-0.39, 0.29) is 11.2 Å². The predicted molar refractivity (Wildman–Crippen MR) is 70.9 cm³/mol. The molecule has 5 heteroatoms. The molecule has 2 rings (SSSR count). The topological polar surface area (TPSA) is 44.0 Å². The van der Waals surface area contributed by atoms with Crippen molar-refractivity contribution in [1.82, 2.24) is 9.13 Å². The average molecular weight is 250 g/mol. The van der Waals surface area contributed by atoms with Gasteiger partial charge in [-0.25, -0.2) is 4.79 Å². The Balaban J connectivity index is 3.07. The highest BCUT2D eigenvalue weighted by atomic mass is 32.1. The van der Waals surface area contributed by atoms with E-state index < -0.39 is 0 Å². The fraction of sp³-hybridized carbons (Fsp3) is 0.333. The molecule has 0 saturated heterocycles. The van der Waals surface area contributed by atoms with E-state index in [1.807, 2.05) is 6.92 Å². The van der Waals surface area contributed by atoms with Crippen LogP contribution in [0.2, 0.25) is 0 Å². The summed E-state index contributed by atoms with van der Waals surface area (Å²) in [6.07, 6.45) is 2.43.